The summed E-state index contributed by atoms with van der Waals surface area (Å²) >= 11 is 0. The largest absolute Gasteiger partial charge is 0.264 e. The molecular formula is C98H70N8. The molecule has 13 aromatic carbocycles. The van der Waals surface area contributed by atoms with Crippen molar-refractivity contribution >= 4 is 10.8 Å². The van der Waals surface area contributed by atoms with Crippen LogP contribution >= 0.6 is 0 Å². The van der Waals surface area contributed by atoms with Gasteiger partial charge in [0.15, 0.2) is 34.9 Å². The first-order valence-corrected chi connectivity index (χ1v) is 36.0. The molecule has 8 heteroatoms. The molecule has 0 atom stereocenters. The van der Waals surface area contributed by atoms with Crippen LogP contribution in [0.3, 0.4) is 0 Å². The number of hydrogen-bond acceptors (Lipinski definition) is 8. The minimum atomic E-state index is -0.0880. The average molecular weight is 1360 g/mol. The molecule has 2 aliphatic carbocycles. The van der Waals surface area contributed by atoms with Crippen LogP contribution in [0.15, 0.2) is 352 Å². The Labute approximate surface area is 617 Å². The molecule has 106 heavy (non-hydrogen) atoms. The normalized spacial score (nSPS) is 12.7. The molecule has 0 N–H and O–H groups in total. The van der Waals surface area contributed by atoms with E-state index >= 15 is 0 Å². The molecule has 0 amide bonds. The molecule has 0 aliphatic heterocycles. The van der Waals surface area contributed by atoms with Crippen LogP contribution in [0.4, 0.5) is 0 Å². The predicted molar refractivity (Wildman–Crippen MR) is 433 cm³/mol. The second-order valence-corrected chi connectivity index (χ2v) is 28.3. The van der Waals surface area contributed by atoms with Crippen molar-refractivity contribution in [2.45, 2.75) is 38.5 Å². The van der Waals surface area contributed by atoms with E-state index < -0.39 is 0 Å². The smallest absolute Gasteiger partial charge is 0.164 e. The third kappa shape index (κ3) is 12.2. The first-order chi connectivity index (χ1) is 52.0. The van der Waals surface area contributed by atoms with Gasteiger partial charge >= 0.3 is 0 Å². The number of hydrogen-bond donors (Lipinski definition) is 0. The van der Waals surface area contributed by atoms with Gasteiger partial charge in [0.1, 0.15) is 0 Å². The summed E-state index contributed by atoms with van der Waals surface area (Å²) in [4.78, 5) is 38.2. The maximum atomic E-state index is 4.98. The molecule has 502 valence electrons. The first-order valence-electron chi connectivity index (χ1n) is 36.0. The highest BCUT2D eigenvalue weighted by molar-refractivity contribution is 5.98. The number of nitrogens with zero attached hydrogens (tertiary/aromatic N) is 8. The van der Waals surface area contributed by atoms with Crippen molar-refractivity contribution in [3.63, 3.8) is 0 Å². The third-order valence-corrected chi connectivity index (χ3v) is 21.1. The molecule has 4 aromatic heterocycles. The van der Waals surface area contributed by atoms with Crippen LogP contribution in [0.25, 0.3) is 168 Å². The Hall–Kier alpha value is -13.6. The topological polar surface area (TPSA) is 103 Å². The van der Waals surface area contributed by atoms with Crippen LogP contribution in [0.5, 0.6) is 0 Å². The lowest BCUT2D eigenvalue weighted by molar-refractivity contribution is 0.660. The fraction of sp³-hybridized carbons (Fsp3) is 0.0612. The summed E-state index contributed by atoms with van der Waals surface area (Å²) in [5.41, 5.74) is 30.3. The van der Waals surface area contributed by atoms with Crippen molar-refractivity contribution < 1.29 is 0 Å². The fourth-order valence-corrected chi connectivity index (χ4v) is 15.4. The van der Waals surface area contributed by atoms with Crippen molar-refractivity contribution in [1.82, 2.24) is 39.9 Å². The second-order valence-electron chi connectivity index (χ2n) is 28.3. The van der Waals surface area contributed by atoms with Gasteiger partial charge in [0.05, 0.1) is 0 Å². The maximum absolute atomic E-state index is 4.98. The van der Waals surface area contributed by atoms with Gasteiger partial charge in [0.2, 0.25) is 0 Å². The van der Waals surface area contributed by atoms with E-state index in [4.69, 9.17) is 29.9 Å². The van der Waals surface area contributed by atoms with Gasteiger partial charge in [-0.1, -0.05) is 331 Å². The summed E-state index contributed by atoms with van der Waals surface area (Å²) < 4.78 is 0. The lowest BCUT2D eigenvalue weighted by Gasteiger charge is -2.23. The number of fused-ring (bicyclic) bond motifs is 8. The van der Waals surface area contributed by atoms with Crippen molar-refractivity contribution in [2.75, 3.05) is 0 Å². The molecular weight excluding hydrogens is 1290 g/mol. The Morgan fingerprint density at radius 2 is 0.509 bits per heavy atom. The Kier molecular flexibility index (Phi) is 16.4. The molecule has 0 saturated heterocycles. The Morgan fingerprint density at radius 3 is 0.943 bits per heavy atom. The molecule has 19 rings (SSSR count). The molecule has 0 unspecified atom stereocenters. The highest BCUT2D eigenvalue weighted by atomic mass is 15.0. The fourth-order valence-electron chi connectivity index (χ4n) is 15.4. The van der Waals surface area contributed by atoms with E-state index in [1.807, 2.05) is 85.2 Å². The summed E-state index contributed by atoms with van der Waals surface area (Å²) in [5, 5.41) is 2.64. The van der Waals surface area contributed by atoms with E-state index in [0.717, 1.165) is 77.9 Å². The highest BCUT2D eigenvalue weighted by Crippen LogP contribution is 2.53. The van der Waals surface area contributed by atoms with E-state index in [1.54, 1.807) is 12.4 Å². The van der Waals surface area contributed by atoms with Crippen LogP contribution in [0, 0.1) is 0 Å². The second kappa shape index (κ2) is 27.0. The van der Waals surface area contributed by atoms with Gasteiger partial charge in [-0.05, 0) is 146 Å². The van der Waals surface area contributed by atoms with Crippen molar-refractivity contribution in [1.29, 1.82) is 0 Å². The Balaban J connectivity index is 0.000000151. The van der Waals surface area contributed by atoms with Crippen molar-refractivity contribution in [3.8, 4) is 157 Å². The van der Waals surface area contributed by atoms with E-state index in [-0.39, 0.29) is 10.8 Å². The zero-order chi connectivity index (χ0) is 71.3. The minimum Gasteiger partial charge on any atom is -0.264 e. The Bertz CT molecular complexity index is 6110. The van der Waals surface area contributed by atoms with Crippen LogP contribution in [-0.4, -0.2) is 39.9 Å². The highest BCUT2D eigenvalue weighted by Gasteiger charge is 2.38. The average Bonchev–Trinajstić information content (AvgIpc) is 1.56. The first kappa shape index (κ1) is 64.5. The molecule has 4 heterocycles. The maximum Gasteiger partial charge on any atom is 0.164 e. The van der Waals surface area contributed by atoms with Crippen molar-refractivity contribution in [2.24, 2.45) is 0 Å². The molecule has 2 aliphatic rings. The quantitative estimate of drug-likeness (QED) is 0.119. The molecule has 0 radical (unpaired) electrons. The molecule has 0 fully saturated rings. The molecule has 0 saturated carbocycles. The summed E-state index contributed by atoms with van der Waals surface area (Å²) in [6.07, 6.45) is 7.31. The lowest BCUT2D eigenvalue weighted by Crippen LogP contribution is -2.15. The summed E-state index contributed by atoms with van der Waals surface area (Å²) in [5.74, 6) is 3.83. The van der Waals surface area contributed by atoms with Gasteiger partial charge < -0.3 is 0 Å². The standard InChI is InChI=1S/C51H36N4.C47H34N4/c1-51(2)46-31-41(27-28-44(46)45-29-26-37-9-6-7-13-43(37)47(45)51)35-16-14-33(15-17-35)34-18-22-39(23-19-34)49-53-48(38-10-4-3-5-11-38)54-50(55-49)40-24-20-36(21-25-40)42-12-8-30-52-32-42;1-47(2)42-13-7-6-12-40(42)41-29-38(26-27-43(41)47)33-16-14-31(15-17-33)32-18-22-36(23-19-32)45-49-44(35-9-4-3-5-10-35)50-46(51-45)37-24-20-34(21-25-37)39-11-8-28-48-30-39/h3-32H,1-2H3;3-30H,1-2H3. The lowest BCUT2D eigenvalue weighted by atomic mass is 9.79. The summed E-state index contributed by atoms with van der Waals surface area (Å²) in [6.45, 7) is 9.37. The molecule has 17 aromatic rings. The molecule has 8 nitrogen and oxygen atoms in total. The van der Waals surface area contributed by atoms with Gasteiger partial charge in [-0.2, -0.15) is 0 Å². The van der Waals surface area contributed by atoms with Gasteiger partial charge in [-0.25, -0.2) is 29.9 Å². The van der Waals surface area contributed by atoms with E-state index in [9.17, 15) is 0 Å². The van der Waals surface area contributed by atoms with Crippen molar-refractivity contribution in [3.05, 3.63) is 375 Å². The van der Waals surface area contributed by atoms with Crippen LogP contribution < -0.4 is 0 Å². The number of aromatic nitrogens is 8. The zero-order valence-corrected chi connectivity index (χ0v) is 59.1. The molecule has 0 spiro atoms. The van der Waals surface area contributed by atoms with Crippen LogP contribution in [0.1, 0.15) is 49.9 Å². The molecule has 0 bridgehead atoms. The van der Waals surface area contributed by atoms with E-state index in [0.29, 0.717) is 34.9 Å². The minimum absolute atomic E-state index is 0.0126. The van der Waals surface area contributed by atoms with E-state index in [1.165, 1.54) is 77.5 Å². The number of pyridine rings is 2. The SMILES string of the molecule is CC1(C)c2cc(-c3ccc(-c4ccc(-c5nc(-c6ccccc6)nc(-c6ccc(-c7cccnc7)cc6)n5)cc4)cc3)ccc2-c2ccc3ccccc3c21.CC1(C)c2ccccc2-c2cc(-c3ccc(-c4ccc(-c5nc(-c6ccccc6)nc(-c6ccc(-c7cccnc7)cc6)n5)cc4)cc3)ccc21. The number of rotatable bonds is 12. The van der Waals surface area contributed by atoms with Gasteiger partial charge in [-0.3, -0.25) is 9.97 Å². The van der Waals surface area contributed by atoms with Crippen LogP contribution in [0.2, 0.25) is 0 Å². The van der Waals surface area contributed by atoms with E-state index in [2.05, 4.69) is 292 Å². The monoisotopic (exact) mass is 1360 g/mol. The third-order valence-electron chi connectivity index (χ3n) is 21.1. The van der Waals surface area contributed by atoms with Crippen LogP contribution in [-0.2, 0) is 10.8 Å². The van der Waals surface area contributed by atoms with Gasteiger partial charge in [0.25, 0.3) is 0 Å². The zero-order valence-electron chi connectivity index (χ0n) is 59.1. The summed E-state index contributed by atoms with van der Waals surface area (Å²) in [6, 6.07) is 116. The Morgan fingerprint density at radius 1 is 0.198 bits per heavy atom. The van der Waals surface area contributed by atoms with Gasteiger partial charge in [-0.15, -0.1) is 0 Å². The summed E-state index contributed by atoms with van der Waals surface area (Å²) in [7, 11) is 0. The number of benzene rings is 13. The predicted octanol–water partition coefficient (Wildman–Crippen LogP) is 24.3. The van der Waals surface area contributed by atoms with Gasteiger partial charge in [0, 0.05) is 69.0 Å².